The average molecular weight is 772 g/mol. The predicted molar refractivity (Wildman–Crippen MR) is 223 cm³/mol. The van der Waals surface area contributed by atoms with E-state index in [4.69, 9.17) is 4.74 Å². The summed E-state index contributed by atoms with van der Waals surface area (Å²) in [7, 11) is 1.36. The van der Waals surface area contributed by atoms with Crippen LogP contribution >= 0.6 is 23.1 Å². The number of carbonyl (C=O) groups excluding carboxylic acids is 4. The first kappa shape index (κ1) is 39.2. The maximum atomic E-state index is 13.8. The van der Waals surface area contributed by atoms with Crippen molar-refractivity contribution in [2.24, 2.45) is 11.3 Å². The number of esters is 1. The van der Waals surface area contributed by atoms with Gasteiger partial charge in [0.25, 0.3) is 11.8 Å². The van der Waals surface area contributed by atoms with Gasteiger partial charge in [-0.15, -0.1) is 23.1 Å². The molecule has 0 aliphatic heterocycles. The summed E-state index contributed by atoms with van der Waals surface area (Å²) in [6, 6.07) is 33.6. The van der Waals surface area contributed by atoms with Crippen molar-refractivity contribution < 1.29 is 23.9 Å². The number of thiophene rings is 1. The zero-order chi connectivity index (χ0) is 39.1. The largest absolute Gasteiger partial charge is 0.465 e. The Morgan fingerprint density at radius 2 is 1.53 bits per heavy atom. The SMILES string of the molecule is COC(=O)c1c(NC(=O)C(C)Sc2cccc(NC(=O)/C(=C\c3ccc(-c4ccccc4)cc3)NC(=O)c3ccccc3)c2)sc2c1CCC(C(C)(C)C)C2. The van der Waals surface area contributed by atoms with Gasteiger partial charge in [-0.05, 0) is 96.2 Å². The molecule has 3 amide bonds. The maximum Gasteiger partial charge on any atom is 0.341 e. The average Bonchev–Trinajstić information content (AvgIpc) is 3.55. The number of carbonyl (C=O) groups is 4. The molecular formula is C45H45N3O5S2. The van der Waals surface area contributed by atoms with E-state index in [-0.39, 0.29) is 17.0 Å². The van der Waals surface area contributed by atoms with Gasteiger partial charge in [0.05, 0.1) is 17.9 Å². The van der Waals surface area contributed by atoms with Crippen molar-refractivity contribution in [1.29, 1.82) is 0 Å². The molecule has 1 aliphatic carbocycles. The third kappa shape index (κ3) is 9.81. The van der Waals surface area contributed by atoms with Crippen molar-refractivity contribution in [3.63, 3.8) is 0 Å². The van der Waals surface area contributed by atoms with E-state index in [9.17, 15) is 19.2 Å². The van der Waals surface area contributed by atoms with Crippen molar-refractivity contribution >= 4 is 63.6 Å². The minimum atomic E-state index is -0.530. The third-order valence-electron chi connectivity index (χ3n) is 9.75. The monoisotopic (exact) mass is 771 g/mol. The van der Waals surface area contributed by atoms with Crippen LogP contribution in [0.15, 0.2) is 120 Å². The number of hydrogen-bond donors (Lipinski definition) is 3. The summed E-state index contributed by atoms with van der Waals surface area (Å²) in [5.41, 5.74) is 5.40. The van der Waals surface area contributed by atoms with Crippen LogP contribution in [0, 0.1) is 11.3 Å². The number of methoxy groups -OCH3 is 1. The van der Waals surface area contributed by atoms with Crippen LogP contribution in [0.5, 0.6) is 0 Å². The van der Waals surface area contributed by atoms with Crippen LogP contribution in [0.2, 0.25) is 0 Å². The van der Waals surface area contributed by atoms with Gasteiger partial charge in [0.1, 0.15) is 10.7 Å². The van der Waals surface area contributed by atoms with Crippen molar-refractivity contribution in [2.75, 3.05) is 17.7 Å². The van der Waals surface area contributed by atoms with Crippen molar-refractivity contribution in [2.45, 2.75) is 57.1 Å². The second-order valence-corrected chi connectivity index (χ2v) is 17.1. The Morgan fingerprint density at radius 1 is 0.855 bits per heavy atom. The van der Waals surface area contributed by atoms with Crippen LogP contribution in [0.3, 0.4) is 0 Å². The number of fused-ring (bicyclic) bond motifs is 1. The molecule has 4 aromatic carbocycles. The zero-order valence-electron chi connectivity index (χ0n) is 31.6. The molecule has 0 radical (unpaired) electrons. The van der Waals surface area contributed by atoms with Gasteiger partial charge >= 0.3 is 5.97 Å². The highest BCUT2D eigenvalue weighted by Gasteiger charge is 2.34. The van der Waals surface area contributed by atoms with Gasteiger partial charge in [-0.2, -0.15) is 0 Å². The highest BCUT2D eigenvalue weighted by Crippen LogP contribution is 2.44. The molecule has 0 spiro atoms. The van der Waals surface area contributed by atoms with E-state index in [0.717, 1.165) is 51.3 Å². The Kier molecular flexibility index (Phi) is 12.4. The van der Waals surface area contributed by atoms with Gasteiger partial charge in [0, 0.05) is 21.0 Å². The lowest BCUT2D eigenvalue weighted by molar-refractivity contribution is -0.115. The Hall–Kier alpha value is -5.45. The van der Waals surface area contributed by atoms with E-state index in [1.807, 2.05) is 66.7 Å². The fraction of sp³-hybridized carbons (Fsp3) is 0.244. The van der Waals surface area contributed by atoms with Gasteiger partial charge < -0.3 is 20.7 Å². The van der Waals surface area contributed by atoms with Crippen LogP contribution in [0.1, 0.15) is 70.8 Å². The molecule has 2 unspecified atom stereocenters. The van der Waals surface area contributed by atoms with Crippen LogP contribution in [0.25, 0.3) is 17.2 Å². The van der Waals surface area contributed by atoms with E-state index in [1.54, 1.807) is 55.5 Å². The van der Waals surface area contributed by atoms with Gasteiger partial charge in [-0.3, -0.25) is 14.4 Å². The van der Waals surface area contributed by atoms with Crippen molar-refractivity contribution in [3.05, 3.63) is 142 Å². The number of rotatable bonds is 11. The Balaban J connectivity index is 1.16. The smallest absolute Gasteiger partial charge is 0.341 e. The fourth-order valence-corrected chi connectivity index (χ4v) is 8.80. The van der Waals surface area contributed by atoms with Gasteiger partial charge in [0.15, 0.2) is 0 Å². The van der Waals surface area contributed by atoms with Crippen LogP contribution in [-0.4, -0.2) is 36.1 Å². The first-order valence-electron chi connectivity index (χ1n) is 18.2. The molecular weight excluding hydrogens is 727 g/mol. The lowest BCUT2D eigenvalue weighted by atomic mass is 9.72. The predicted octanol–water partition coefficient (Wildman–Crippen LogP) is 9.88. The zero-order valence-corrected chi connectivity index (χ0v) is 33.2. The number of ether oxygens (including phenoxy) is 1. The molecule has 0 saturated heterocycles. The quantitative estimate of drug-likeness (QED) is 0.0700. The van der Waals surface area contributed by atoms with E-state index in [1.165, 1.54) is 30.2 Å². The number of thioether (sulfide) groups is 1. The van der Waals surface area contributed by atoms with E-state index in [0.29, 0.717) is 27.7 Å². The molecule has 55 heavy (non-hydrogen) atoms. The number of nitrogens with one attached hydrogen (secondary N) is 3. The molecule has 3 N–H and O–H groups in total. The van der Waals surface area contributed by atoms with E-state index in [2.05, 4.69) is 36.7 Å². The molecule has 8 nitrogen and oxygen atoms in total. The first-order chi connectivity index (χ1) is 26.4. The minimum Gasteiger partial charge on any atom is -0.465 e. The summed E-state index contributed by atoms with van der Waals surface area (Å²) in [6.45, 7) is 8.52. The van der Waals surface area contributed by atoms with E-state index < -0.39 is 23.0 Å². The molecule has 10 heteroatoms. The molecule has 2 atom stereocenters. The maximum absolute atomic E-state index is 13.8. The fourth-order valence-electron chi connectivity index (χ4n) is 6.56. The van der Waals surface area contributed by atoms with Gasteiger partial charge in [-0.1, -0.05) is 99.6 Å². The number of benzene rings is 4. The summed E-state index contributed by atoms with van der Waals surface area (Å²) in [4.78, 5) is 55.4. The summed E-state index contributed by atoms with van der Waals surface area (Å²) < 4.78 is 5.14. The lowest BCUT2D eigenvalue weighted by Gasteiger charge is -2.33. The highest BCUT2D eigenvalue weighted by atomic mass is 32.2. The van der Waals surface area contributed by atoms with Crippen molar-refractivity contribution in [1.82, 2.24) is 5.32 Å². The summed E-state index contributed by atoms with van der Waals surface area (Å²) in [5.74, 6) is -1.13. The molecule has 282 valence electrons. The molecule has 6 rings (SSSR count). The Bertz CT molecular complexity index is 2210. The molecule has 1 aromatic heterocycles. The first-order valence-corrected chi connectivity index (χ1v) is 19.9. The normalized spacial score (nSPS) is 14.6. The summed E-state index contributed by atoms with van der Waals surface area (Å²) >= 11 is 2.80. The van der Waals surface area contributed by atoms with Gasteiger partial charge in [0.2, 0.25) is 5.91 Å². The topological polar surface area (TPSA) is 114 Å². The summed E-state index contributed by atoms with van der Waals surface area (Å²) in [5, 5.41) is 8.74. The summed E-state index contributed by atoms with van der Waals surface area (Å²) in [6.07, 6.45) is 4.25. The van der Waals surface area contributed by atoms with Crippen LogP contribution in [-0.2, 0) is 27.2 Å². The minimum absolute atomic E-state index is 0.0704. The third-order valence-corrected chi connectivity index (χ3v) is 12.0. The Morgan fingerprint density at radius 3 is 2.20 bits per heavy atom. The van der Waals surface area contributed by atoms with Crippen LogP contribution < -0.4 is 16.0 Å². The molecule has 1 heterocycles. The van der Waals surface area contributed by atoms with Crippen LogP contribution in [0.4, 0.5) is 10.7 Å². The molecule has 1 aliphatic rings. The standard InChI is InChI=1S/C45H45N3O5S2/c1-28(40(49)48-43-39(44(52)53-5)36-24-23-33(45(2,3)4)26-38(36)55-43)54-35-18-12-17-34(27-35)46-42(51)37(47-41(50)32-15-10-7-11-16-32)25-29-19-21-31(22-20-29)30-13-8-6-9-14-30/h6-22,25,27-28,33H,23-24,26H2,1-5H3,(H,46,51)(H,47,50)(H,48,49)/b37-25+. The molecule has 0 fully saturated rings. The second-order valence-electron chi connectivity index (χ2n) is 14.6. The van der Waals surface area contributed by atoms with Gasteiger partial charge in [-0.25, -0.2) is 4.79 Å². The highest BCUT2D eigenvalue weighted by molar-refractivity contribution is 8.00. The molecule has 0 bridgehead atoms. The van der Waals surface area contributed by atoms with E-state index >= 15 is 0 Å². The second kappa shape index (κ2) is 17.3. The number of hydrogen-bond acceptors (Lipinski definition) is 7. The molecule has 0 saturated carbocycles. The van der Waals surface area contributed by atoms with Crippen molar-refractivity contribution in [3.8, 4) is 11.1 Å². The lowest BCUT2D eigenvalue weighted by Crippen LogP contribution is -2.30. The number of amides is 3. The Labute approximate surface area is 330 Å². The number of anilines is 2. The molecule has 5 aromatic rings.